The van der Waals surface area contributed by atoms with E-state index in [1.54, 1.807) is 0 Å². The maximum absolute atomic E-state index is 10.8. The van der Waals surface area contributed by atoms with Crippen LogP contribution in [0.15, 0.2) is 12.2 Å². The normalized spacial score (nSPS) is 15.1. The summed E-state index contributed by atoms with van der Waals surface area (Å²) < 4.78 is 12.2. The molecule has 0 bridgehead atoms. The molecule has 0 amide bonds. The number of benzene rings is 1. The number of fused-ring (bicyclic) bond motifs is 1. The Hall–Kier alpha value is -1.77. The fourth-order valence-corrected chi connectivity index (χ4v) is 3.07. The predicted octanol–water partition coefficient (Wildman–Crippen LogP) is 4.10. The van der Waals surface area contributed by atoms with Crippen molar-refractivity contribution < 1.29 is 14.3 Å². The van der Waals surface area contributed by atoms with Crippen LogP contribution in [0, 0.1) is 13.8 Å². The molecule has 0 aromatic heterocycles. The SMILES string of the molecule is C=C(C)COc1c(C)c(CCC=O)c2c(c1C)CC(C)(C)O2. The lowest BCUT2D eigenvalue weighted by atomic mass is 9.91. The molecule has 1 aromatic carbocycles. The van der Waals surface area contributed by atoms with Gasteiger partial charge in [0.1, 0.15) is 30.0 Å². The van der Waals surface area contributed by atoms with Crippen molar-refractivity contribution in [3.8, 4) is 11.5 Å². The summed E-state index contributed by atoms with van der Waals surface area (Å²) in [5.41, 5.74) is 5.34. The Morgan fingerprint density at radius 3 is 2.64 bits per heavy atom. The summed E-state index contributed by atoms with van der Waals surface area (Å²) in [6, 6.07) is 0. The highest BCUT2D eigenvalue weighted by atomic mass is 16.5. The second-order valence-corrected chi connectivity index (χ2v) is 6.86. The number of hydrogen-bond donors (Lipinski definition) is 0. The van der Waals surface area contributed by atoms with Gasteiger partial charge in [-0.05, 0) is 57.7 Å². The van der Waals surface area contributed by atoms with Gasteiger partial charge in [-0.25, -0.2) is 0 Å². The van der Waals surface area contributed by atoms with Crippen molar-refractivity contribution in [1.82, 2.24) is 0 Å². The van der Waals surface area contributed by atoms with Crippen LogP contribution in [0.25, 0.3) is 0 Å². The summed E-state index contributed by atoms with van der Waals surface area (Å²) in [4.78, 5) is 10.8. The lowest BCUT2D eigenvalue weighted by molar-refractivity contribution is -0.107. The molecule has 1 aromatic rings. The zero-order chi connectivity index (χ0) is 16.5. The van der Waals surface area contributed by atoms with Crippen molar-refractivity contribution in [3.05, 3.63) is 34.4 Å². The topological polar surface area (TPSA) is 35.5 Å². The van der Waals surface area contributed by atoms with E-state index in [4.69, 9.17) is 9.47 Å². The van der Waals surface area contributed by atoms with E-state index in [-0.39, 0.29) is 5.60 Å². The van der Waals surface area contributed by atoms with E-state index in [1.807, 2.05) is 6.92 Å². The van der Waals surface area contributed by atoms with Gasteiger partial charge in [-0.15, -0.1) is 0 Å². The van der Waals surface area contributed by atoms with Crippen LogP contribution in [0.3, 0.4) is 0 Å². The first kappa shape index (κ1) is 16.6. The van der Waals surface area contributed by atoms with Crippen LogP contribution < -0.4 is 9.47 Å². The smallest absolute Gasteiger partial charge is 0.127 e. The summed E-state index contributed by atoms with van der Waals surface area (Å²) in [5, 5.41) is 0. The van der Waals surface area contributed by atoms with Crippen molar-refractivity contribution >= 4 is 6.29 Å². The first-order valence-electron chi connectivity index (χ1n) is 7.81. The minimum atomic E-state index is -0.206. The standard InChI is InChI=1S/C19H26O3/c1-12(2)11-21-17-13(3)15(8-7-9-20)18-16(14(17)4)10-19(5,6)22-18/h9H,1,7-8,10-11H2,2-6H3. The van der Waals surface area contributed by atoms with Crippen molar-refractivity contribution in [2.75, 3.05) is 6.61 Å². The molecular weight excluding hydrogens is 276 g/mol. The van der Waals surface area contributed by atoms with E-state index >= 15 is 0 Å². The van der Waals surface area contributed by atoms with Crippen LogP contribution in [0.4, 0.5) is 0 Å². The number of ether oxygens (including phenoxy) is 2. The predicted molar refractivity (Wildman–Crippen MR) is 89.0 cm³/mol. The number of rotatable bonds is 6. The molecule has 0 unspecified atom stereocenters. The Balaban J connectivity index is 2.52. The summed E-state index contributed by atoms with van der Waals surface area (Å²) in [7, 11) is 0. The molecule has 0 aliphatic carbocycles. The zero-order valence-corrected chi connectivity index (χ0v) is 14.3. The number of carbonyl (C=O) groups excluding carboxylic acids is 1. The van der Waals surface area contributed by atoms with Crippen molar-refractivity contribution in [2.24, 2.45) is 0 Å². The van der Waals surface area contributed by atoms with Crippen LogP contribution in [0.1, 0.15) is 49.4 Å². The van der Waals surface area contributed by atoms with Gasteiger partial charge >= 0.3 is 0 Å². The minimum absolute atomic E-state index is 0.206. The van der Waals surface area contributed by atoms with Gasteiger partial charge in [0, 0.05) is 24.0 Å². The Morgan fingerprint density at radius 1 is 1.36 bits per heavy atom. The molecule has 2 rings (SSSR count). The molecule has 0 radical (unpaired) electrons. The Bertz CT molecular complexity index is 612. The van der Waals surface area contributed by atoms with Gasteiger partial charge in [-0.2, -0.15) is 0 Å². The zero-order valence-electron chi connectivity index (χ0n) is 14.3. The van der Waals surface area contributed by atoms with Gasteiger partial charge in [0.05, 0.1) is 0 Å². The van der Waals surface area contributed by atoms with Crippen molar-refractivity contribution in [2.45, 2.75) is 59.5 Å². The van der Waals surface area contributed by atoms with Crippen LogP contribution in [-0.4, -0.2) is 18.5 Å². The molecule has 1 heterocycles. The fourth-order valence-electron chi connectivity index (χ4n) is 3.07. The molecule has 0 atom stereocenters. The molecular formula is C19H26O3. The summed E-state index contributed by atoms with van der Waals surface area (Å²) in [6.45, 7) is 14.7. The largest absolute Gasteiger partial charge is 0.489 e. The summed E-state index contributed by atoms with van der Waals surface area (Å²) in [6.07, 6.45) is 3.02. The quantitative estimate of drug-likeness (QED) is 0.586. The maximum Gasteiger partial charge on any atom is 0.127 e. The molecule has 3 nitrogen and oxygen atoms in total. The lowest BCUT2D eigenvalue weighted by Gasteiger charge is -2.20. The molecule has 0 N–H and O–H groups in total. The summed E-state index contributed by atoms with van der Waals surface area (Å²) >= 11 is 0. The third-order valence-corrected chi connectivity index (χ3v) is 4.09. The molecule has 0 saturated carbocycles. The molecule has 120 valence electrons. The highest BCUT2D eigenvalue weighted by molar-refractivity contribution is 5.62. The highest BCUT2D eigenvalue weighted by Crippen LogP contribution is 2.46. The average Bonchev–Trinajstić information content (AvgIpc) is 2.74. The number of carbonyl (C=O) groups is 1. The number of hydrogen-bond acceptors (Lipinski definition) is 3. The van der Waals surface area contributed by atoms with E-state index < -0.39 is 0 Å². The molecule has 1 aliphatic rings. The van der Waals surface area contributed by atoms with Gasteiger partial charge < -0.3 is 14.3 Å². The minimum Gasteiger partial charge on any atom is -0.489 e. The Morgan fingerprint density at radius 2 is 2.05 bits per heavy atom. The Labute approximate surface area is 133 Å². The van der Waals surface area contributed by atoms with Crippen LogP contribution in [0.2, 0.25) is 0 Å². The molecule has 0 fully saturated rings. The monoisotopic (exact) mass is 302 g/mol. The molecule has 22 heavy (non-hydrogen) atoms. The van der Waals surface area contributed by atoms with Crippen LogP contribution >= 0.6 is 0 Å². The molecule has 0 spiro atoms. The number of aldehydes is 1. The first-order chi connectivity index (χ1) is 10.3. The van der Waals surface area contributed by atoms with E-state index in [9.17, 15) is 4.79 Å². The third-order valence-electron chi connectivity index (χ3n) is 4.09. The van der Waals surface area contributed by atoms with Gasteiger partial charge in [-0.1, -0.05) is 6.58 Å². The van der Waals surface area contributed by atoms with Crippen LogP contribution in [-0.2, 0) is 17.6 Å². The third kappa shape index (κ3) is 3.18. The van der Waals surface area contributed by atoms with Gasteiger partial charge in [-0.3, -0.25) is 0 Å². The van der Waals surface area contributed by atoms with Gasteiger partial charge in [0.25, 0.3) is 0 Å². The van der Waals surface area contributed by atoms with Crippen molar-refractivity contribution in [1.29, 1.82) is 0 Å². The van der Waals surface area contributed by atoms with E-state index in [0.717, 1.165) is 46.5 Å². The van der Waals surface area contributed by atoms with E-state index in [2.05, 4.69) is 34.3 Å². The second-order valence-electron chi connectivity index (χ2n) is 6.86. The highest BCUT2D eigenvalue weighted by Gasteiger charge is 2.35. The first-order valence-corrected chi connectivity index (χ1v) is 7.81. The lowest BCUT2D eigenvalue weighted by Crippen LogP contribution is -2.25. The van der Waals surface area contributed by atoms with E-state index in [0.29, 0.717) is 19.4 Å². The maximum atomic E-state index is 10.8. The average molecular weight is 302 g/mol. The molecule has 3 heteroatoms. The summed E-state index contributed by atoms with van der Waals surface area (Å²) in [5.74, 6) is 1.88. The van der Waals surface area contributed by atoms with Crippen molar-refractivity contribution in [3.63, 3.8) is 0 Å². The van der Waals surface area contributed by atoms with Gasteiger partial charge in [0.15, 0.2) is 0 Å². The van der Waals surface area contributed by atoms with Gasteiger partial charge in [0.2, 0.25) is 0 Å². The fraction of sp³-hybridized carbons (Fsp3) is 0.526. The molecule has 1 aliphatic heterocycles. The second kappa shape index (κ2) is 6.15. The van der Waals surface area contributed by atoms with E-state index in [1.165, 1.54) is 5.56 Å². The molecule has 0 saturated heterocycles. The van der Waals surface area contributed by atoms with Crippen LogP contribution in [0.5, 0.6) is 11.5 Å². The Kier molecular flexibility index (Phi) is 4.64.